The molecule has 0 aliphatic heterocycles. The van der Waals surface area contributed by atoms with E-state index in [9.17, 15) is 4.79 Å². The molecule has 0 fully saturated rings. The van der Waals surface area contributed by atoms with Crippen LogP contribution in [0.4, 0.5) is 0 Å². The van der Waals surface area contributed by atoms with Crippen LogP contribution in [-0.4, -0.2) is 5.97 Å². The average molecular weight is 166 g/mol. The molecule has 0 aliphatic carbocycles. The van der Waals surface area contributed by atoms with E-state index >= 15 is 0 Å². The molecule has 0 aliphatic rings. The minimum absolute atomic E-state index is 0.310. The van der Waals surface area contributed by atoms with Crippen LogP contribution in [0.2, 0.25) is 0 Å². The summed E-state index contributed by atoms with van der Waals surface area (Å²) in [7, 11) is 0. The molecule has 0 saturated heterocycles. The minimum Gasteiger partial charge on any atom is -0.434 e. The molecule has 0 saturated carbocycles. The Hall–Kier alpha value is -1.31. The highest BCUT2D eigenvalue weighted by molar-refractivity contribution is 5.66. The van der Waals surface area contributed by atoms with Gasteiger partial charge in [-0.1, -0.05) is 24.8 Å². The predicted octanol–water partition coefficient (Wildman–Crippen LogP) is 2.59. The topological polar surface area (TPSA) is 26.3 Å². The van der Waals surface area contributed by atoms with Gasteiger partial charge in [0.2, 0.25) is 0 Å². The van der Waals surface area contributed by atoms with Crippen molar-refractivity contribution in [1.29, 1.82) is 0 Å². The maximum absolute atomic E-state index is 10.4. The highest BCUT2D eigenvalue weighted by atomic mass is 16.5. The van der Waals surface area contributed by atoms with Crippen LogP contribution in [0.1, 0.15) is 20.3 Å². The van der Waals surface area contributed by atoms with Crippen molar-refractivity contribution in [3.05, 3.63) is 36.6 Å². The molecule has 66 valence electrons. The van der Waals surface area contributed by atoms with Crippen molar-refractivity contribution >= 4 is 5.97 Å². The first-order valence-electron chi connectivity index (χ1n) is 3.80. The zero-order chi connectivity index (χ0) is 9.40. The maximum Gasteiger partial charge on any atom is 0.307 e. The summed E-state index contributed by atoms with van der Waals surface area (Å²) >= 11 is 0. The van der Waals surface area contributed by atoms with E-state index in [4.69, 9.17) is 0 Å². The number of hydrogen-bond acceptors (Lipinski definition) is 2. The van der Waals surface area contributed by atoms with Gasteiger partial charge in [0, 0.05) is 6.92 Å². The molecule has 12 heavy (non-hydrogen) atoms. The number of allylic oxidation sites excluding steroid dienone is 4. The Bertz CT molecular complexity index is 212. The van der Waals surface area contributed by atoms with Gasteiger partial charge in [-0.25, -0.2) is 0 Å². The van der Waals surface area contributed by atoms with Crippen LogP contribution in [-0.2, 0) is 9.53 Å². The Kier molecular flexibility index (Phi) is 5.70. The number of carbonyl (C=O) groups is 1. The summed E-state index contributed by atoms with van der Waals surface area (Å²) in [4.78, 5) is 10.4. The molecular weight excluding hydrogens is 152 g/mol. The predicted molar refractivity (Wildman–Crippen MR) is 49.5 cm³/mol. The quantitative estimate of drug-likeness (QED) is 0.278. The lowest BCUT2D eigenvalue weighted by Gasteiger charge is -1.96. The van der Waals surface area contributed by atoms with Gasteiger partial charge in [-0.05, 0) is 18.9 Å². The number of carbonyl (C=O) groups excluding carboxylic acids is 1. The monoisotopic (exact) mass is 166 g/mol. The van der Waals surface area contributed by atoms with Crippen molar-refractivity contribution in [1.82, 2.24) is 0 Å². The van der Waals surface area contributed by atoms with E-state index in [1.165, 1.54) is 13.2 Å². The molecule has 0 bridgehead atoms. The molecule has 0 aromatic rings. The molecule has 0 atom stereocenters. The number of hydrogen-bond donors (Lipinski definition) is 0. The maximum atomic E-state index is 10.4. The van der Waals surface area contributed by atoms with E-state index in [2.05, 4.69) is 11.3 Å². The SMILES string of the molecule is C=CC(=COC(C)=O)CC=CC. The average Bonchev–Trinajstić information content (AvgIpc) is 2.05. The molecule has 0 amide bonds. The zero-order valence-electron chi connectivity index (χ0n) is 7.54. The fourth-order valence-electron chi connectivity index (χ4n) is 0.592. The lowest BCUT2D eigenvalue weighted by atomic mass is 10.2. The van der Waals surface area contributed by atoms with Gasteiger partial charge in [0.1, 0.15) is 0 Å². The molecule has 0 unspecified atom stereocenters. The van der Waals surface area contributed by atoms with Crippen LogP contribution in [0.5, 0.6) is 0 Å². The molecule has 2 nitrogen and oxygen atoms in total. The lowest BCUT2D eigenvalue weighted by Crippen LogP contribution is -1.91. The second-order valence-electron chi connectivity index (χ2n) is 2.28. The van der Waals surface area contributed by atoms with E-state index in [0.29, 0.717) is 0 Å². The number of rotatable bonds is 4. The zero-order valence-corrected chi connectivity index (χ0v) is 7.54. The van der Waals surface area contributed by atoms with Gasteiger partial charge in [0.05, 0.1) is 6.26 Å². The molecular formula is C10H14O2. The lowest BCUT2D eigenvalue weighted by molar-refractivity contribution is -0.135. The van der Waals surface area contributed by atoms with E-state index in [1.807, 2.05) is 19.1 Å². The van der Waals surface area contributed by atoms with Crippen molar-refractivity contribution < 1.29 is 9.53 Å². The first-order valence-corrected chi connectivity index (χ1v) is 3.80. The highest BCUT2D eigenvalue weighted by Crippen LogP contribution is 2.03. The fraction of sp³-hybridized carbons (Fsp3) is 0.300. The van der Waals surface area contributed by atoms with E-state index in [0.717, 1.165) is 12.0 Å². The Morgan fingerprint density at radius 2 is 2.25 bits per heavy atom. The molecule has 0 radical (unpaired) electrons. The van der Waals surface area contributed by atoms with E-state index in [-0.39, 0.29) is 5.97 Å². The first kappa shape index (κ1) is 10.7. The minimum atomic E-state index is -0.310. The normalized spacial score (nSPS) is 11.7. The van der Waals surface area contributed by atoms with Crippen LogP contribution < -0.4 is 0 Å². The third-order valence-electron chi connectivity index (χ3n) is 1.23. The van der Waals surface area contributed by atoms with Crippen molar-refractivity contribution in [2.45, 2.75) is 20.3 Å². The van der Waals surface area contributed by atoms with Crippen LogP contribution in [0.25, 0.3) is 0 Å². The highest BCUT2D eigenvalue weighted by Gasteiger charge is 1.90. The Morgan fingerprint density at radius 1 is 1.58 bits per heavy atom. The fourth-order valence-corrected chi connectivity index (χ4v) is 0.592. The molecule has 2 heteroatoms. The molecule has 0 N–H and O–H groups in total. The Morgan fingerprint density at radius 3 is 2.67 bits per heavy atom. The summed E-state index contributed by atoms with van der Waals surface area (Å²) < 4.78 is 4.69. The molecule has 0 spiro atoms. The number of esters is 1. The van der Waals surface area contributed by atoms with Crippen molar-refractivity contribution in [2.75, 3.05) is 0 Å². The Labute approximate surface area is 73.2 Å². The Balaban J connectivity index is 4.03. The summed E-state index contributed by atoms with van der Waals surface area (Å²) in [5.41, 5.74) is 0.892. The summed E-state index contributed by atoms with van der Waals surface area (Å²) in [6, 6.07) is 0. The first-order chi connectivity index (χ1) is 5.70. The molecule has 0 aromatic heterocycles. The second-order valence-corrected chi connectivity index (χ2v) is 2.28. The molecule has 0 aromatic carbocycles. The van der Waals surface area contributed by atoms with Crippen LogP contribution in [0.15, 0.2) is 36.6 Å². The third kappa shape index (κ3) is 5.47. The standard InChI is InChI=1S/C10H14O2/c1-4-6-7-10(5-2)8-12-9(3)11/h4-6,8H,2,7H2,1,3H3. The molecule has 0 rings (SSSR count). The van der Waals surface area contributed by atoms with Crippen LogP contribution in [0, 0.1) is 0 Å². The van der Waals surface area contributed by atoms with Gasteiger partial charge in [-0.2, -0.15) is 0 Å². The van der Waals surface area contributed by atoms with Gasteiger partial charge in [-0.3, -0.25) is 4.79 Å². The summed E-state index contributed by atoms with van der Waals surface area (Å²) in [5, 5.41) is 0. The van der Waals surface area contributed by atoms with Gasteiger partial charge in [-0.15, -0.1) is 0 Å². The smallest absolute Gasteiger partial charge is 0.307 e. The van der Waals surface area contributed by atoms with Gasteiger partial charge in [0.25, 0.3) is 0 Å². The van der Waals surface area contributed by atoms with Crippen LogP contribution >= 0.6 is 0 Å². The van der Waals surface area contributed by atoms with Crippen LogP contribution in [0.3, 0.4) is 0 Å². The van der Waals surface area contributed by atoms with E-state index < -0.39 is 0 Å². The largest absolute Gasteiger partial charge is 0.434 e. The second kappa shape index (κ2) is 6.40. The van der Waals surface area contributed by atoms with Gasteiger partial charge < -0.3 is 4.74 Å². The number of ether oxygens (including phenoxy) is 1. The molecule has 0 heterocycles. The van der Waals surface area contributed by atoms with Crippen molar-refractivity contribution in [3.8, 4) is 0 Å². The summed E-state index contributed by atoms with van der Waals surface area (Å²) in [5.74, 6) is -0.310. The third-order valence-corrected chi connectivity index (χ3v) is 1.23. The van der Waals surface area contributed by atoms with Gasteiger partial charge in [0.15, 0.2) is 0 Å². The summed E-state index contributed by atoms with van der Waals surface area (Å²) in [6.07, 6.45) is 7.74. The van der Waals surface area contributed by atoms with Gasteiger partial charge >= 0.3 is 5.97 Å². The van der Waals surface area contributed by atoms with Crippen molar-refractivity contribution in [2.24, 2.45) is 0 Å². The summed E-state index contributed by atoms with van der Waals surface area (Å²) in [6.45, 7) is 6.90. The van der Waals surface area contributed by atoms with E-state index in [1.54, 1.807) is 6.08 Å². The van der Waals surface area contributed by atoms with Crippen molar-refractivity contribution in [3.63, 3.8) is 0 Å².